The van der Waals surface area contributed by atoms with Crippen LogP contribution in [0.15, 0.2) is 79.1 Å². The molecule has 21 heavy (non-hydrogen) atoms. The quantitative estimate of drug-likeness (QED) is 0.742. The van der Waals surface area contributed by atoms with Gasteiger partial charge in [-0.1, -0.05) is 42.5 Å². The normalized spacial score (nSPS) is 10.3. The lowest BCUT2D eigenvalue weighted by Gasteiger charge is -2.09. The number of aromatic nitrogens is 1. The van der Waals surface area contributed by atoms with E-state index in [1.54, 1.807) is 0 Å². The van der Waals surface area contributed by atoms with Gasteiger partial charge in [0.2, 0.25) is 0 Å². The van der Waals surface area contributed by atoms with Gasteiger partial charge in [0.1, 0.15) is 12.4 Å². The second kappa shape index (κ2) is 6.66. The number of nitrogens with zero attached hydrogens (tertiary/aromatic N) is 1. The van der Waals surface area contributed by atoms with Crippen molar-refractivity contribution in [3.63, 3.8) is 0 Å². The van der Waals surface area contributed by atoms with E-state index >= 15 is 0 Å². The van der Waals surface area contributed by atoms with Gasteiger partial charge in [-0.15, -0.1) is 0 Å². The lowest BCUT2D eigenvalue weighted by molar-refractivity contribution is 0.306. The third-order valence-electron chi connectivity index (χ3n) is 3.24. The van der Waals surface area contributed by atoms with E-state index in [2.05, 4.69) is 29.7 Å². The third-order valence-corrected chi connectivity index (χ3v) is 3.24. The van der Waals surface area contributed by atoms with E-state index in [0.29, 0.717) is 6.61 Å². The summed E-state index contributed by atoms with van der Waals surface area (Å²) in [7, 11) is 0. The largest absolute Gasteiger partial charge is 0.489 e. The Kier molecular flexibility index (Phi) is 4.22. The van der Waals surface area contributed by atoms with Crippen molar-refractivity contribution in [1.82, 2.24) is 4.68 Å². The van der Waals surface area contributed by atoms with Crippen LogP contribution in [0.4, 0.5) is 0 Å². The lowest BCUT2D eigenvalue weighted by Crippen LogP contribution is -2.11. The first-order valence-electron chi connectivity index (χ1n) is 7.03. The van der Waals surface area contributed by atoms with E-state index in [4.69, 9.17) is 4.74 Å². The molecule has 0 saturated carbocycles. The van der Waals surface area contributed by atoms with Crippen molar-refractivity contribution in [2.75, 3.05) is 5.43 Å². The van der Waals surface area contributed by atoms with Crippen LogP contribution in [0.2, 0.25) is 0 Å². The fourth-order valence-electron chi connectivity index (χ4n) is 2.07. The van der Waals surface area contributed by atoms with E-state index in [9.17, 15) is 0 Å². The second-order valence-electron chi connectivity index (χ2n) is 4.84. The maximum absolute atomic E-state index is 5.77. The number of rotatable bonds is 6. The number of ether oxygens (including phenoxy) is 1. The monoisotopic (exact) mass is 278 g/mol. The van der Waals surface area contributed by atoms with Crippen molar-refractivity contribution in [2.24, 2.45) is 0 Å². The molecule has 0 aliphatic carbocycles. The summed E-state index contributed by atoms with van der Waals surface area (Å²) in [4.78, 5) is 0. The molecule has 1 heterocycles. The topological polar surface area (TPSA) is 26.2 Å². The van der Waals surface area contributed by atoms with E-state index < -0.39 is 0 Å². The first-order chi connectivity index (χ1) is 10.4. The van der Waals surface area contributed by atoms with Crippen LogP contribution in [-0.4, -0.2) is 4.68 Å². The molecule has 0 fully saturated rings. The van der Waals surface area contributed by atoms with Crippen molar-refractivity contribution in [3.05, 3.63) is 90.3 Å². The highest BCUT2D eigenvalue weighted by molar-refractivity contribution is 5.28. The molecular formula is C18H18N2O. The zero-order valence-corrected chi connectivity index (χ0v) is 11.8. The molecule has 1 aromatic heterocycles. The first kappa shape index (κ1) is 13.3. The van der Waals surface area contributed by atoms with E-state index in [0.717, 1.165) is 12.3 Å². The van der Waals surface area contributed by atoms with Gasteiger partial charge in [0.15, 0.2) is 0 Å². The van der Waals surface area contributed by atoms with Crippen molar-refractivity contribution >= 4 is 0 Å². The predicted octanol–water partition coefficient (Wildman–Crippen LogP) is 3.81. The SMILES string of the molecule is c1ccc(COc2ccc(CNn3cccc3)cc2)cc1. The van der Waals surface area contributed by atoms with E-state index in [1.165, 1.54) is 11.1 Å². The Labute approximate surface area is 124 Å². The van der Waals surface area contributed by atoms with Crippen molar-refractivity contribution < 1.29 is 4.74 Å². The lowest BCUT2D eigenvalue weighted by atomic mass is 10.2. The zero-order valence-electron chi connectivity index (χ0n) is 11.8. The molecule has 1 N–H and O–H groups in total. The van der Waals surface area contributed by atoms with Crippen LogP contribution in [0, 0.1) is 0 Å². The van der Waals surface area contributed by atoms with Crippen molar-refractivity contribution in [2.45, 2.75) is 13.2 Å². The van der Waals surface area contributed by atoms with Gasteiger partial charge in [0.25, 0.3) is 0 Å². The molecule has 0 atom stereocenters. The smallest absolute Gasteiger partial charge is 0.119 e. The fourth-order valence-corrected chi connectivity index (χ4v) is 2.07. The Balaban J connectivity index is 1.52. The third kappa shape index (κ3) is 3.89. The van der Waals surface area contributed by atoms with Crippen LogP contribution in [0.1, 0.15) is 11.1 Å². The van der Waals surface area contributed by atoms with E-state index in [-0.39, 0.29) is 0 Å². The van der Waals surface area contributed by atoms with Crippen molar-refractivity contribution in [3.8, 4) is 5.75 Å². The van der Waals surface area contributed by atoms with Gasteiger partial charge in [0, 0.05) is 12.4 Å². The maximum Gasteiger partial charge on any atom is 0.119 e. The highest BCUT2D eigenvalue weighted by Gasteiger charge is 1.97. The Morgan fingerprint density at radius 3 is 2.19 bits per heavy atom. The van der Waals surface area contributed by atoms with Crippen LogP contribution in [0.3, 0.4) is 0 Å². The molecular weight excluding hydrogens is 260 g/mol. The Morgan fingerprint density at radius 1 is 0.762 bits per heavy atom. The fraction of sp³-hybridized carbons (Fsp3) is 0.111. The second-order valence-corrected chi connectivity index (χ2v) is 4.84. The molecule has 0 bridgehead atoms. The average molecular weight is 278 g/mol. The standard InChI is InChI=1S/C18H18N2O/c1-2-6-17(7-3-1)15-21-18-10-8-16(9-11-18)14-19-20-12-4-5-13-20/h1-13,19H,14-15H2. The minimum Gasteiger partial charge on any atom is -0.489 e. The molecule has 0 radical (unpaired) electrons. The first-order valence-corrected chi connectivity index (χ1v) is 7.03. The zero-order chi connectivity index (χ0) is 14.3. The molecule has 0 unspecified atom stereocenters. The highest BCUT2D eigenvalue weighted by atomic mass is 16.5. The van der Waals surface area contributed by atoms with Crippen LogP contribution in [-0.2, 0) is 13.2 Å². The van der Waals surface area contributed by atoms with Gasteiger partial charge in [-0.25, -0.2) is 0 Å². The molecule has 0 amide bonds. The molecule has 0 aliphatic heterocycles. The van der Waals surface area contributed by atoms with Gasteiger partial charge in [-0.05, 0) is 35.4 Å². The molecule has 2 aromatic carbocycles. The van der Waals surface area contributed by atoms with Crippen LogP contribution < -0.4 is 10.2 Å². The number of nitrogens with one attached hydrogen (secondary N) is 1. The van der Waals surface area contributed by atoms with Crippen molar-refractivity contribution in [1.29, 1.82) is 0 Å². The summed E-state index contributed by atoms with van der Waals surface area (Å²) in [6.45, 7) is 1.38. The van der Waals surface area contributed by atoms with Crippen LogP contribution in [0.5, 0.6) is 5.75 Å². The molecule has 0 spiro atoms. The van der Waals surface area contributed by atoms with Crippen LogP contribution >= 0.6 is 0 Å². The Morgan fingerprint density at radius 2 is 1.48 bits per heavy atom. The molecule has 0 aliphatic rings. The summed E-state index contributed by atoms with van der Waals surface area (Å²) in [5.74, 6) is 0.892. The average Bonchev–Trinajstić information content (AvgIpc) is 3.06. The Hall–Kier alpha value is -2.68. The molecule has 3 rings (SSSR count). The summed E-state index contributed by atoms with van der Waals surface area (Å²) in [5, 5.41) is 0. The summed E-state index contributed by atoms with van der Waals surface area (Å²) >= 11 is 0. The van der Waals surface area contributed by atoms with Gasteiger partial charge < -0.3 is 10.2 Å². The Bertz CT molecular complexity index is 645. The van der Waals surface area contributed by atoms with Gasteiger partial charge in [-0.3, -0.25) is 4.68 Å². The van der Waals surface area contributed by atoms with Crippen LogP contribution in [0.25, 0.3) is 0 Å². The summed E-state index contributed by atoms with van der Waals surface area (Å²) in [6.07, 6.45) is 3.97. The highest BCUT2D eigenvalue weighted by Crippen LogP contribution is 2.14. The summed E-state index contributed by atoms with van der Waals surface area (Å²) in [5.41, 5.74) is 5.69. The number of benzene rings is 2. The maximum atomic E-state index is 5.77. The summed E-state index contributed by atoms with van der Waals surface area (Å²) < 4.78 is 7.72. The predicted molar refractivity (Wildman–Crippen MR) is 84.7 cm³/mol. The van der Waals surface area contributed by atoms with Gasteiger partial charge in [-0.2, -0.15) is 0 Å². The van der Waals surface area contributed by atoms with Gasteiger partial charge >= 0.3 is 0 Å². The van der Waals surface area contributed by atoms with Gasteiger partial charge in [0.05, 0.1) is 6.54 Å². The minimum atomic E-state index is 0.599. The molecule has 3 heteroatoms. The molecule has 106 valence electrons. The van der Waals surface area contributed by atoms with E-state index in [1.807, 2.05) is 59.5 Å². The number of hydrogen-bond acceptors (Lipinski definition) is 2. The molecule has 3 aromatic rings. The minimum absolute atomic E-state index is 0.599. The number of hydrogen-bond donors (Lipinski definition) is 1. The molecule has 0 saturated heterocycles. The summed E-state index contributed by atoms with van der Waals surface area (Å²) in [6, 6.07) is 22.4. The molecule has 3 nitrogen and oxygen atoms in total.